The summed E-state index contributed by atoms with van der Waals surface area (Å²) in [7, 11) is -4.63. The summed E-state index contributed by atoms with van der Waals surface area (Å²) in [5, 5.41) is 0. The Morgan fingerprint density at radius 3 is 2.00 bits per heavy atom. The SMILES string of the molecule is CCOC(=O)P(=O)(O)O.[CH3-].[Na+]. The first kappa shape index (κ1) is 17.6. The second-order valence-electron chi connectivity index (χ2n) is 1.24. The fraction of sp³-hybridized carbons (Fsp3) is 0.500. The van der Waals surface area contributed by atoms with E-state index in [1.54, 1.807) is 0 Å². The van der Waals surface area contributed by atoms with Crippen molar-refractivity contribution >= 4 is 13.3 Å². The van der Waals surface area contributed by atoms with Gasteiger partial charge in [-0.05, 0) is 6.92 Å². The average Bonchev–Trinajstić information content (AvgIpc) is 1.64. The van der Waals surface area contributed by atoms with Crippen molar-refractivity contribution in [3.8, 4) is 0 Å². The summed E-state index contributed by atoms with van der Waals surface area (Å²) in [6.07, 6.45) is 0. The molecule has 0 bridgehead atoms. The predicted molar refractivity (Wildman–Crippen MR) is 35.5 cm³/mol. The van der Waals surface area contributed by atoms with E-state index >= 15 is 0 Å². The molecule has 5 nitrogen and oxygen atoms in total. The van der Waals surface area contributed by atoms with E-state index in [4.69, 9.17) is 9.79 Å². The van der Waals surface area contributed by atoms with Crippen LogP contribution in [0.25, 0.3) is 0 Å². The fourth-order valence-corrected chi connectivity index (χ4v) is 0.505. The zero-order valence-corrected chi connectivity index (χ0v) is 9.67. The molecule has 62 valence electrons. The molecule has 0 spiro atoms. The molecule has 0 aliphatic rings. The van der Waals surface area contributed by atoms with Gasteiger partial charge in [-0.1, -0.05) is 0 Å². The first-order chi connectivity index (χ1) is 3.98. The monoisotopic (exact) mass is 192 g/mol. The molecule has 0 saturated heterocycles. The van der Waals surface area contributed by atoms with E-state index in [0.717, 1.165) is 0 Å². The van der Waals surface area contributed by atoms with Crippen LogP contribution in [0.1, 0.15) is 6.92 Å². The largest absolute Gasteiger partial charge is 1.00 e. The zero-order valence-electron chi connectivity index (χ0n) is 6.77. The summed E-state index contributed by atoms with van der Waals surface area (Å²) >= 11 is 0. The van der Waals surface area contributed by atoms with Crippen LogP contribution in [0.3, 0.4) is 0 Å². The maximum atomic E-state index is 10.1. The Labute approximate surface area is 87.6 Å². The molecule has 0 aromatic rings. The molecule has 2 N–H and O–H groups in total. The van der Waals surface area contributed by atoms with Crippen molar-refractivity contribution in [2.45, 2.75) is 6.92 Å². The van der Waals surface area contributed by atoms with Gasteiger partial charge in [-0.3, -0.25) is 0 Å². The Kier molecular flexibility index (Phi) is 11.7. The van der Waals surface area contributed by atoms with Gasteiger partial charge in [0, 0.05) is 0 Å². The second-order valence-corrected chi connectivity index (χ2v) is 2.70. The minimum Gasteiger partial charge on any atom is -0.457 e. The van der Waals surface area contributed by atoms with Crippen LogP contribution in [-0.4, -0.2) is 22.1 Å². The van der Waals surface area contributed by atoms with E-state index in [9.17, 15) is 9.36 Å². The van der Waals surface area contributed by atoms with E-state index in [-0.39, 0.29) is 43.6 Å². The minimum absolute atomic E-state index is 0. The third-order valence-corrected chi connectivity index (χ3v) is 1.11. The van der Waals surface area contributed by atoms with Gasteiger partial charge in [0.25, 0.3) is 0 Å². The smallest absolute Gasteiger partial charge is 0.457 e. The number of carbonyl (C=O) groups is 1. The van der Waals surface area contributed by atoms with Crippen molar-refractivity contribution in [3.63, 3.8) is 0 Å². The Hall–Kier alpha value is 0.620. The van der Waals surface area contributed by atoms with Gasteiger partial charge >= 0.3 is 42.9 Å². The number of hydrogen-bond donors (Lipinski definition) is 2. The molecule has 0 radical (unpaired) electrons. The molecule has 0 unspecified atom stereocenters. The van der Waals surface area contributed by atoms with Crippen molar-refractivity contribution in [3.05, 3.63) is 7.43 Å². The van der Waals surface area contributed by atoms with Crippen molar-refractivity contribution in [2.24, 2.45) is 0 Å². The van der Waals surface area contributed by atoms with Gasteiger partial charge in [0.05, 0.1) is 6.61 Å². The normalized spacial score (nSPS) is 9.00. The van der Waals surface area contributed by atoms with Crippen LogP contribution in [-0.2, 0) is 9.30 Å². The molecule has 0 saturated carbocycles. The molecule has 7 heteroatoms. The first-order valence-corrected chi connectivity index (χ1v) is 3.82. The molecule has 0 aromatic heterocycles. The Balaban J connectivity index is -0.000000320. The van der Waals surface area contributed by atoms with Crippen molar-refractivity contribution < 1.29 is 53.4 Å². The number of rotatable bonds is 2. The van der Waals surface area contributed by atoms with Gasteiger partial charge in [-0.25, -0.2) is 9.36 Å². The average molecular weight is 192 g/mol. The Bertz CT molecular complexity index is 153. The van der Waals surface area contributed by atoms with E-state index in [1.807, 2.05) is 0 Å². The summed E-state index contributed by atoms with van der Waals surface area (Å²) in [5.41, 5.74) is -1.47. The predicted octanol–water partition coefficient (Wildman–Crippen LogP) is -2.23. The molecule has 0 fully saturated rings. The molecule has 11 heavy (non-hydrogen) atoms. The van der Waals surface area contributed by atoms with Crippen molar-refractivity contribution in [2.75, 3.05) is 6.61 Å². The van der Waals surface area contributed by atoms with Crippen molar-refractivity contribution in [1.82, 2.24) is 0 Å². The van der Waals surface area contributed by atoms with Gasteiger partial charge in [-0.2, -0.15) is 0 Å². The molecule has 0 aromatic carbocycles. The maximum Gasteiger partial charge on any atom is 1.00 e. The minimum atomic E-state index is -4.63. The van der Waals surface area contributed by atoms with Crippen LogP contribution in [0.2, 0.25) is 0 Å². The summed E-state index contributed by atoms with van der Waals surface area (Å²) in [6.45, 7) is 1.44. The van der Waals surface area contributed by atoms with Gasteiger partial charge in [-0.15, -0.1) is 0 Å². The van der Waals surface area contributed by atoms with Gasteiger partial charge in [0.1, 0.15) is 0 Å². The van der Waals surface area contributed by atoms with E-state index < -0.39 is 13.3 Å². The summed E-state index contributed by atoms with van der Waals surface area (Å²) < 4.78 is 13.9. The quantitative estimate of drug-likeness (QED) is 0.294. The number of hydrogen-bond acceptors (Lipinski definition) is 3. The first-order valence-electron chi connectivity index (χ1n) is 2.21. The topological polar surface area (TPSA) is 83.8 Å². The van der Waals surface area contributed by atoms with Crippen LogP contribution >= 0.6 is 7.60 Å². The summed E-state index contributed by atoms with van der Waals surface area (Å²) in [5.74, 6) is 0. The fourth-order valence-electron chi connectivity index (χ4n) is 0.208. The molecule has 0 rings (SSSR count). The second kappa shape index (κ2) is 7.28. The van der Waals surface area contributed by atoms with Crippen LogP contribution < -0.4 is 29.6 Å². The van der Waals surface area contributed by atoms with Crippen molar-refractivity contribution in [1.29, 1.82) is 0 Å². The molecule has 0 heterocycles. The zero-order chi connectivity index (χ0) is 7.49. The summed E-state index contributed by atoms with van der Waals surface area (Å²) in [6, 6.07) is 0. The van der Waals surface area contributed by atoms with Crippen LogP contribution in [0, 0.1) is 7.43 Å². The van der Waals surface area contributed by atoms with Gasteiger partial charge in [0.15, 0.2) is 0 Å². The van der Waals surface area contributed by atoms with E-state index in [0.29, 0.717) is 0 Å². The van der Waals surface area contributed by atoms with Crippen LogP contribution in [0.15, 0.2) is 0 Å². The Morgan fingerprint density at radius 1 is 1.55 bits per heavy atom. The molecular formula is C4H10NaO5P. The van der Waals surface area contributed by atoms with Crippen LogP contribution in [0.5, 0.6) is 0 Å². The third kappa shape index (κ3) is 8.53. The van der Waals surface area contributed by atoms with Crippen LogP contribution in [0.4, 0.5) is 4.79 Å². The van der Waals surface area contributed by atoms with E-state index in [2.05, 4.69) is 4.74 Å². The molecule has 0 amide bonds. The summed E-state index contributed by atoms with van der Waals surface area (Å²) in [4.78, 5) is 26.2. The van der Waals surface area contributed by atoms with E-state index in [1.165, 1.54) is 6.92 Å². The standard InChI is InChI=1S/C3H7O5P.CH3.Na/c1-2-8-3(4)9(5,6)7;;/h2H2,1H3,(H2,5,6,7);1H3;/q;-1;+1. The van der Waals surface area contributed by atoms with Gasteiger partial charge in [0.2, 0.25) is 0 Å². The molecule has 0 aliphatic carbocycles. The maximum absolute atomic E-state index is 10.1. The Morgan fingerprint density at radius 2 is 1.91 bits per heavy atom. The molecular weight excluding hydrogens is 182 g/mol. The molecule has 0 aliphatic heterocycles. The third-order valence-electron chi connectivity index (χ3n) is 0.506. The molecule has 0 atom stereocenters. The number of ether oxygens (including phenoxy) is 1. The number of carbonyl (C=O) groups excluding carboxylic acids is 1. The van der Waals surface area contributed by atoms with Gasteiger partial charge < -0.3 is 22.0 Å².